The molecule has 35 heavy (non-hydrogen) atoms. The first-order valence-corrected chi connectivity index (χ1v) is 11.4. The van der Waals surface area contributed by atoms with E-state index in [2.05, 4.69) is 15.6 Å². The Labute approximate surface area is 207 Å². The summed E-state index contributed by atoms with van der Waals surface area (Å²) in [6, 6.07) is 31.3. The molecule has 5 aromatic rings. The van der Waals surface area contributed by atoms with E-state index in [0.717, 1.165) is 11.1 Å². The Kier molecular flexibility index (Phi) is 6.24. The fraction of sp³-hybridized carbons (Fsp3) is 0.0357. The quantitative estimate of drug-likeness (QED) is 0.217. The van der Waals surface area contributed by atoms with Gasteiger partial charge in [-0.15, -0.1) is 0 Å². The number of nitrogens with one attached hydrogen (secondary N) is 2. The molecule has 5 rings (SSSR count). The molecule has 0 saturated heterocycles. The van der Waals surface area contributed by atoms with E-state index >= 15 is 0 Å². The van der Waals surface area contributed by atoms with Gasteiger partial charge in [-0.2, -0.15) is 0 Å². The van der Waals surface area contributed by atoms with Gasteiger partial charge in [0.05, 0.1) is 11.5 Å². The zero-order valence-corrected chi connectivity index (χ0v) is 19.3. The van der Waals surface area contributed by atoms with Crippen molar-refractivity contribution in [2.45, 2.75) is 5.92 Å². The minimum atomic E-state index is -0.521. The van der Waals surface area contributed by atoms with Crippen LogP contribution >= 0.6 is 12.2 Å². The number of benzene rings is 4. The first-order chi connectivity index (χ1) is 17.1. The molecule has 0 aliphatic carbocycles. The van der Waals surface area contributed by atoms with Gasteiger partial charge in [-0.25, -0.2) is 4.98 Å². The van der Waals surface area contributed by atoms with Crippen LogP contribution in [0.5, 0.6) is 5.75 Å². The minimum Gasteiger partial charge on any atom is -0.507 e. The first-order valence-electron chi connectivity index (χ1n) is 11.0. The van der Waals surface area contributed by atoms with E-state index < -0.39 is 5.92 Å². The van der Waals surface area contributed by atoms with Crippen molar-refractivity contribution in [1.82, 2.24) is 10.3 Å². The Morgan fingerprint density at radius 1 is 0.857 bits per heavy atom. The Bertz CT molecular complexity index is 1430. The lowest BCUT2D eigenvalue weighted by molar-refractivity contribution is -0.120. The van der Waals surface area contributed by atoms with E-state index in [0.29, 0.717) is 22.4 Å². The highest BCUT2D eigenvalue weighted by atomic mass is 32.1. The normalized spacial score (nSPS) is 10.9. The molecule has 1 amide bonds. The largest absolute Gasteiger partial charge is 0.507 e. The molecule has 172 valence electrons. The number of amides is 1. The molecule has 0 aliphatic rings. The second-order valence-corrected chi connectivity index (χ2v) is 8.32. The van der Waals surface area contributed by atoms with E-state index in [-0.39, 0.29) is 22.7 Å². The Balaban J connectivity index is 1.36. The molecule has 0 saturated carbocycles. The fourth-order valence-electron chi connectivity index (χ4n) is 3.91. The molecule has 4 aromatic carbocycles. The third-order valence-corrected chi connectivity index (χ3v) is 5.75. The smallest absolute Gasteiger partial charge is 0.238 e. The highest BCUT2D eigenvalue weighted by Gasteiger charge is 2.23. The van der Waals surface area contributed by atoms with Crippen LogP contribution in [0.25, 0.3) is 22.6 Å². The van der Waals surface area contributed by atoms with Crippen LogP contribution in [0.4, 0.5) is 5.69 Å². The topological polar surface area (TPSA) is 87.4 Å². The maximum absolute atomic E-state index is 13.3. The SMILES string of the molecule is O=C(NC(=S)Nc1ccc(O)c(-c2nc3ccccc3o2)c1)C(c1ccccc1)c1ccccc1. The lowest BCUT2D eigenvalue weighted by Gasteiger charge is -2.19. The number of fused-ring (bicyclic) bond motifs is 1. The average Bonchev–Trinajstić information content (AvgIpc) is 3.31. The number of phenols is 1. The van der Waals surface area contributed by atoms with Gasteiger partial charge < -0.3 is 20.2 Å². The summed E-state index contributed by atoms with van der Waals surface area (Å²) < 4.78 is 5.79. The number of nitrogens with zero attached hydrogens (tertiary/aromatic N) is 1. The van der Waals surface area contributed by atoms with E-state index in [4.69, 9.17) is 16.6 Å². The molecule has 7 heteroatoms. The second-order valence-electron chi connectivity index (χ2n) is 7.92. The molecule has 0 fully saturated rings. The monoisotopic (exact) mass is 479 g/mol. The molecule has 1 aromatic heterocycles. The van der Waals surface area contributed by atoms with Crippen LogP contribution in [0.2, 0.25) is 0 Å². The summed E-state index contributed by atoms with van der Waals surface area (Å²) in [4.78, 5) is 17.7. The van der Waals surface area contributed by atoms with Crippen molar-refractivity contribution < 1.29 is 14.3 Å². The lowest BCUT2D eigenvalue weighted by Crippen LogP contribution is -2.37. The third-order valence-electron chi connectivity index (χ3n) is 5.54. The van der Waals surface area contributed by atoms with E-state index in [1.807, 2.05) is 84.9 Å². The van der Waals surface area contributed by atoms with Crippen molar-refractivity contribution in [3.63, 3.8) is 0 Å². The van der Waals surface area contributed by atoms with Crippen molar-refractivity contribution in [1.29, 1.82) is 0 Å². The van der Waals surface area contributed by atoms with Crippen molar-refractivity contribution in [3.05, 3.63) is 114 Å². The number of phenolic OH excluding ortho intramolecular Hbond substituents is 1. The Morgan fingerprint density at radius 3 is 2.14 bits per heavy atom. The zero-order chi connectivity index (χ0) is 24.2. The number of carbonyl (C=O) groups excluding carboxylic acids is 1. The summed E-state index contributed by atoms with van der Waals surface area (Å²) in [6.45, 7) is 0. The maximum Gasteiger partial charge on any atom is 0.238 e. The summed E-state index contributed by atoms with van der Waals surface area (Å²) in [5, 5.41) is 16.3. The minimum absolute atomic E-state index is 0.0188. The number of aromatic nitrogens is 1. The second kappa shape index (κ2) is 9.79. The third kappa shape index (κ3) is 4.90. The molecule has 0 radical (unpaired) electrons. The molecule has 6 nitrogen and oxygen atoms in total. The summed E-state index contributed by atoms with van der Waals surface area (Å²) in [7, 11) is 0. The maximum atomic E-state index is 13.3. The first kappa shape index (κ1) is 22.3. The van der Waals surface area contributed by atoms with Gasteiger partial charge in [0.15, 0.2) is 10.7 Å². The van der Waals surface area contributed by atoms with Crippen LogP contribution < -0.4 is 10.6 Å². The predicted octanol–water partition coefficient (Wildman–Crippen LogP) is 5.85. The van der Waals surface area contributed by atoms with E-state index in [1.165, 1.54) is 6.07 Å². The number of hydrogen-bond donors (Lipinski definition) is 3. The van der Waals surface area contributed by atoms with Crippen molar-refractivity contribution in [2.75, 3.05) is 5.32 Å². The molecule has 0 aliphatic heterocycles. The van der Waals surface area contributed by atoms with Crippen LogP contribution in [0, 0.1) is 0 Å². The van der Waals surface area contributed by atoms with Crippen LogP contribution in [-0.4, -0.2) is 21.1 Å². The Morgan fingerprint density at radius 2 is 1.49 bits per heavy atom. The number of rotatable bonds is 5. The standard InChI is InChI=1S/C28H21N3O3S/c32-23-16-15-20(17-21(23)27-30-22-13-7-8-14-24(22)34-27)29-28(35)31-26(33)25(18-9-3-1-4-10-18)19-11-5-2-6-12-19/h1-17,25,32H,(H2,29,31,33,35). The number of oxazole rings is 1. The highest BCUT2D eigenvalue weighted by molar-refractivity contribution is 7.80. The van der Waals surface area contributed by atoms with Crippen LogP contribution in [0.1, 0.15) is 17.0 Å². The van der Waals surface area contributed by atoms with Crippen LogP contribution in [-0.2, 0) is 4.79 Å². The number of aromatic hydroxyl groups is 1. The molecule has 0 atom stereocenters. The van der Waals surface area contributed by atoms with Crippen molar-refractivity contribution in [2.24, 2.45) is 0 Å². The molecule has 3 N–H and O–H groups in total. The number of anilines is 1. The molecule has 0 spiro atoms. The van der Waals surface area contributed by atoms with Gasteiger partial charge in [-0.1, -0.05) is 72.8 Å². The van der Waals surface area contributed by atoms with Crippen molar-refractivity contribution >= 4 is 40.0 Å². The molecule has 0 bridgehead atoms. The fourth-order valence-corrected chi connectivity index (χ4v) is 4.12. The summed E-state index contributed by atoms with van der Waals surface area (Å²) in [5.74, 6) is -0.467. The highest BCUT2D eigenvalue weighted by Crippen LogP contribution is 2.33. The summed E-state index contributed by atoms with van der Waals surface area (Å²) in [5.41, 5.74) is 4.02. The molecule has 1 heterocycles. The van der Waals surface area contributed by atoms with Gasteiger partial charge in [-0.3, -0.25) is 4.79 Å². The number of carbonyl (C=O) groups is 1. The van der Waals surface area contributed by atoms with E-state index in [9.17, 15) is 9.90 Å². The van der Waals surface area contributed by atoms with Gasteiger partial charge in [-0.05, 0) is 53.7 Å². The predicted molar refractivity (Wildman–Crippen MR) is 140 cm³/mol. The molecular formula is C28H21N3O3S. The number of hydrogen-bond acceptors (Lipinski definition) is 5. The van der Waals surface area contributed by atoms with Crippen molar-refractivity contribution in [3.8, 4) is 17.2 Å². The molecule has 0 unspecified atom stereocenters. The van der Waals surface area contributed by atoms with Gasteiger partial charge in [0, 0.05) is 5.69 Å². The van der Waals surface area contributed by atoms with Crippen LogP contribution in [0.15, 0.2) is 108 Å². The summed E-state index contributed by atoms with van der Waals surface area (Å²) in [6.07, 6.45) is 0. The van der Waals surface area contributed by atoms with E-state index in [1.54, 1.807) is 12.1 Å². The number of para-hydroxylation sites is 2. The Hall–Kier alpha value is -4.49. The average molecular weight is 480 g/mol. The zero-order valence-electron chi connectivity index (χ0n) is 18.5. The lowest BCUT2D eigenvalue weighted by atomic mass is 9.90. The molecular weight excluding hydrogens is 458 g/mol. The van der Waals surface area contributed by atoms with Gasteiger partial charge >= 0.3 is 0 Å². The summed E-state index contributed by atoms with van der Waals surface area (Å²) >= 11 is 5.43. The number of thiocarbonyl (C=S) groups is 1. The van der Waals surface area contributed by atoms with Gasteiger partial charge in [0.1, 0.15) is 11.3 Å². The van der Waals surface area contributed by atoms with Gasteiger partial charge in [0.2, 0.25) is 11.8 Å². The van der Waals surface area contributed by atoms with Crippen LogP contribution in [0.3, 0.4) is 0 Å². The van der Waals surface area contributed by atoms with Gasteiger partial charge in [0.25, 0.3) is 0 Å².